The van der Waals surface area contributed by atoms with Gasteiger partial charge < -0.3 is 0 Å². The first-order valence-electron chi connectivity index (χ1n) is 8.85. The smallest absolute Gasteiger partial charge is 0.0952 e. The predicted molar refractivity (Wildman–Crippen MR) is 106 cm³/mol. The van der Waals surface area contributed by atoms with Gasteiger partial charge in [-0.05, 0) is 44.6 Å². The van der Waals surface area contributed by atoms with Gasteiger partial charge in [0.25, 0.3) is 0 Å². The number of H-pyrrole nitrogens is 1. The highest BCUT2D eigenvalue weighted by Gasteiger charge is 2.25. The van der Waals surface area contributed by atoms with Gasteiger partial charge in [-0.15, -0.1) is 0 Å². The van der Waals surface area contributed by atoms with Gasteiger partial charge in [-0.1, -0.05) is 38.3 Å². The van der Waals surface area contributed by atoms with E-state index in [9.17, 15) is 0 Å². The molecular weight excluding hydrogens is 316 g/mol. The van der Waals surface area contributed by atoms with Crippen molar-refractivity contribution in [2.45, 2.75) is 57.9 Å². The minimum Gasteiger partial charge on any atom is -0.281 e. The molecule has 2 rings (SSSR count). The molecule has 1 aliphatic rings. The molecule has 0 amide bonds. The van der Waals surface area contributed by atoms with E-state index in [0.29, 0.717) is 12.0 Å². The van der Waals surface area contributed by atoms with Crippen LogP contribution in [0.2, 0.25) is 0 Å². The molecule has 132 valence electrons. The van der Waals surface area contributed by atoms with Gasteiger partial charge in [0, 0.05) is 41.9 Å². The Hall–Kier alpha value is -1.30. The van der Waals surface area contributed by atoms with Crippen LogP contribution in [0.1, 0.15) is 61.9 Å². The standard InChI is InChI=1S/C19H30N4S/c1-5-8-15(7-3)18-14(4)19(22-21-18)16-9-11-17(12-10-16)23-24-20-13-6-2/h5,7-8,16-17,20,23H,1,3,6,9-13H2,2,4H3,(H,21,22)/b15-8+. The third-order valence-electron chi connectivity index (χ3n) is 4.62. The maximum atomic E-state index is 4.53. The van der Waals surface area contributed by atoms with Gasteiger partial charge in [0.15, 0.2) is 0 Å². The van der Waals surface area contributed by atoms with Crippen molar-refractivity contribution in [1.29, 1.82) is 0 Å². The van der Waals surface area contributed by atoms with Crippen molar-refractivity contribution in [3.63, 3.8) is 0 Å². The highest BCUT2D eigenvalue weighted by Crippen LogP contribution is 2.35. The van der Waals surface area contributed by atoms with Gasteiger partial charge in [0.1, 0.15) is 0 Å². The van der Waals surface area contributed by atoms with E-state index < -0.39 is 0 Å². The van der Waals surface area contributed by atoms with Gasteiger partial charge in [-0.3, -0.25) is 9.82 Å². The Morgan fingerprint density at radius 1 is 1.33 bits per heavy atom. The molecular formula is C19H30N4S. The van der Waals surface area contributed by atoms with E-state index in [-0.39, 0.29) is 0 Å². The van der Waals surface area contributed by atoms with Crippen LogP contribution in [-0.4, -0.2) is 22.8 Å². The number of hydrogen-bond acceptors (Lipinski definition) is 4. The van der Waals surface area contributed by atoms with Crippen molar-refractivity contribution in [3.8, 4) is 0 Å². The molecule has 1 aromatic heterocycles. The summed E-state index contributed by atoms with van der Waals surface area (Å²) in [5.74, 6) is 0.577. The summed E-state index contributed by atoms with van der Waals surface area (Å²) < 4.78 is 6.87. The fourth-order valence-electron chi connectivity index (χ4n) is 3.24. The third-order valence-corrected chi connectivity index (χ3v) is 5.42. The van der Waals surface area contributed by atoms with E-state index in [1.807, 2.05) is 12.2 Å². The molecule has 1 saturated carbocycles. The molecule has 0 unspecified atom stereocenters. The van der Waals surface area contributed by atoms with Crippen molar-refractivity contribution in [1.82, 2.24) is 19.6 Å². The van der Waals surface area contributed by atoms with Crippen LogP contribution < -0.4 is 9.44 Å². The van der Waals surface area contributed by atoms with Gasteiger partial charge >= 0.3 is 0 Å². The summed E-state index contributed by atoms with van der Waals surface area (Å²) in [6.07, 6.45) is 11.6. The van der Waals surface area contributed by atoms with Crippen molar-refractivity contribution in [3.05, 3.63) is 48.3 Å². The predicted octanol–water partition coefficient (Wildman–Crippen LogP) is 4.65. The quantitative estimate of drug-likeness (QED) is 0.346. The minimum absolute atomic E-state index is 0.577. The maximum absolute atomic E-state index is 4.53. The molecule has 0 atom stereocenters. The number of allylic oxidation sites excluding steroid dienone is 4. The molecule has 0 aromatic carbocycles. The first-order valence-corrected chi connectivity index (χ1v) is 9.67. The molecule has 24 heavy (non-hydrogen) atoms. The molecule has 4 nitrogen and oxygen atoms in total. The van der Waals surface area contributed by atoms with Crippen molar-refractivity contribution >= 4 is 17.7 Å². The lowest BCUT2D eigenvalue weighted by atomic mass is 9.83. The average molecular weight is 347 g/mol. The van der Waals surface area contributed by atoms with Crippen LogP contribution in [0.3, 0.4) is 0 Å². The van der Waals surface area contributed by atoms with Crippen molar-refractivity contribution in [2.75, 3.05) is 6.54 Å². The zero-order valence-electron chi connectivity index (χ0n) is 14.9. The van der Waals surface area contributed by atoms with Crippen LogP contribution in [-0.2, 0) is 0 Å². The lowest BCUT2D eigenvalue weighted by Crippen LogP contribution is -2.30. The summed E-state index contributed by atoms with van der Waals surface area (Å²) in [6.45, 7) is 13.0. The van der Waals surface area contributed by atoms with E-state index >= 15 is 0 Å². The van der Waals surface area contributed by atoms with Crippen LogP contribution in [0.4, 0.5) is 0 Å². The monoisotopic (exact) mass is 346 g/mol. The van der Waals surface area contributed by atoms with Crippen molar-refractivity contribution < 1.29 is 0 Å². The summed E-state index contributed by atoms with van der Waals surface area (Å²) in [5, 5.41) is 7.81. The number of aromatic nitrogens is 2. The van der Waals surface area contributed by atoms with Crippen LogP contribution >= 0.6 is 12.1 Å². The summed E-state index contributed by atoms with van der Waals surface area (Å²) >= 11 is 1.65. The molecule has 0 bridgehead atoms. The third kappa shape index (κ3) is 4.85. The average Bonchev–Trinajstić information content (AvgIpc) is 2.98. The molecule has 3 N–H and O–H groups in total. The molecule has 1 aliphatic carbocycles. The number of nitrogens with zero attached hydrogens (tertiary/aromatic N) is 1. The Bertz CT molecular complexity index is 568. The SMILES string of the molecule is C=C/C=C(\C=C)c1n[nH]c(C2CCC(NSNCCC)CC2)c1C. The second-order valence-electron chi connectivity index (χ2n) is 6.34. The summed E-state index contributed by atoms with van der Waals surface area (Å²) in [5.41, 5.74) is 4.56. The lowest BCUT2D eigenvalue weighted by molar-refractivity contribution is 0.375. The van der Waals surface area contributed by atoms with Crippen LogP contribution in [0.25, 0.3) is 5.57 Å². The van der Waals surface area contributed by atoms with Crippen LogP contribution in [0.5, 0.6) is 0 Å². The largest absolute Gasteiger partial charge is 0.281 e. The summed E-state index contributed by atoms with van der Waals surface area (Å²) in [6, 6.07) is 0.600. The van der Waals surface area contributed by atoms with Crippen LogP contribution in [0.15, 0.2) is 31.4 Å². The van der Waals surface area contributed by atoms with E-state index in [1.165, 1.54) is 36.9 Å². The fourth-order valence-corrected chi connectivity index (χ4v) is 4.03. The summed E-state index contributed by atoms with van der Waals surface area (Å²) in [4.78, 5) is 0. The second-order valence-corrected chi connectivity index (χ2v) is 7.06. The zero-order chi connectivity index (χ0) is 17.4. The Labute approximate surface area is 150 Å². The van der Waals surface area contributed by atoms with E-state index in [1.54, 1.807) is 18.2 Å². The minimum atomic E-state index is 0.577. The highest BCUT2D eigenvalue weighted by molar-refractivity contribution is 7.95. The fraction of sp³-hybridized carbons (Fsp3) is 0.526. The lowest BCUT2D eigenvalue weighted by Gasteiger charge is -2.28. The number of hydrogen-bond donors (Lipinski definition) is 3. The van der Waals surface area contributed by atoms with Crippen molar-refractivity contribution in [2.24, 2.45) is 0 Å². The normalized spacial score (nSPS) is 21.7. The Balaban J connectivity index is 1.93. The Morgan fingerprint density at radius 2 is 2.08 bits per heavy atom. The molecule has 5 heteroatoms. The Morgan fingerprint density at radius 3 is 2.71 bits per heavy atom. The number of aromatic amines is 1. The topological polar surface area (TPSA) is 52.7 Å². The number of rotatable bonds is 9. The van der Waals surface area contributed by atoms with E-state index in [0.717, 1.165) is 24.2 Å². The number of nitrogens with one attached hydrogen (secondary N) is 3. The Kier molecular flexibility index (Phi) is 7.82. The summed E-state index contributed by atoms with van der Waals surface area (Å²) in [7, 11) is 0. The molecule has 0 spiro atoms. The first kappa shape index (κ1) is 19.0. The maximum Gasteiger partial charge on any atom is 0.0952 e. The van der Waals surface area contributed by atoms with Gasteiger partial charge in [-0.2, -0.15) is 5.10 Å². The molecule has 1 fully saturated rings. The zero-order valence-corrected chi connectivity index (χ0v) is 15.7. The van der Waals surface area contributed by atoms with E-state index in [4.69, 9.17) is 0 Å². The second kappa shape index (κ2) is 9.87. The molecule has 0 saturated heterocycles. The highest BCUT2D eigenvalue weighted by atomic mass is 32.2. The molecule has 1 heterocycles. The van der Waals surface area contributed by atoms with Gasteiger partial charge in [-0.25, -0.2) is 4.72 Å². The molecule has 1 aromatic rings. The first-order chi connectivity index (χ1) is 11.7. The molecule has 0 radical (unpaired) electrons. The van der Waals surface area contributed by atoms with Crippen LogP contribution in [0, 0.1) is 6.92 Å². The van der Waals surface area contributed by atoms with Gasteiger partial charge in [0.05, 0.1) is 5.69 Å². The van der Waals surface area contributed by atoms with Gasteiger partial charge in [0.2, 0.25) is 0 Å². The van der Waals surface area contributed by atoms with E-state index in [2.05, 4.69) is 46.6 Å². The molecule has 0 aliphatic heterocycles.